The summed E-state index contributed by atoms with van der Waals surface area (Å²) >= 11 is 7.38. The monoisotopic (exact) mass is 504 g/mol. The third kappa shape index (κ3) is 2.96. The van der Waals surface area contributed by atoms with Crippen LogP contribution in [0.5, 0.6) is 11.5 Å². The van der Waals surface area contributed by atoms with Crippen LogP contribution in [0.15, 0.2) is 50.4 Å². The molecule has 3 aliphatic rings. The minimum atomic E-state index is -0.333. The highest BCUT2D eigenvalue weighted by Gasteiger charge is 2.51. The molecule has 6 heteroatoms. The van der Waals surface area contributed by atoms with E-state index in [-0.39, 0.29) is 11.8 Å². The molecule has 0 radical (unpaired) electrons. The van der Waals surface area contributed by atoms with Gasteiger partial charge >= 0.3 is 0 Å². The fourth-order valence-electron chi connectivity index (χ4n) is 4.69. The first kappa shape index (κ1) is 18.5. The van der Waals surface area contributed by atoms with E-state index in [0.717, 1.165) is 51.0 Å². The molecule has 146 valence electrons. The first-order chi connectivity index (χ1) is 13.6. The van der Waals surface area contributed by atoms with Crippen molar-refractivity contribution in [1.29, 1.82) is 0 Å². The van der Waals surface area contributed by atoms with Gasteiger partial charge in [0.05, 0.1) is 23.3 Å². The number of halogens is 2. The quantitative estimate of drug-likeness (QED) is 0.472. The first-order valence-electron chi connectivity index (χ1n) is 9.79. The molecule has 0 bridgehead atoms. The van der Waals surface area contributed by atoms with Crippen molar-refractivity contribution in [1.82, 2.24) is 5.01 Å². The van der Waals surface area contributed by atoms with Gasteiger partial charge in [0.25, 0.3) is 0 Å². The van der Waals surface area contributed by atoms with Gasteiger partial charge < -0.3 is 9.47 Å². The molecule has 4 nitrogen and oxygen atoms in total. The van der Waals surface area contributed by atoms with Gasteiger partial charge in [0.15, 0.2) is 5.72 Å². The van der Waals surface area contributed by atoms with Crippen LogP contribution >= 0.6 is 31.9 Å². The third-order valence-electron chi connectivity index (χ3n) is 6.07. The van der Waals surface area contributed by atoms with Gasteiger partial charge in [-0.05, 0) is 70.7 Å². The van der Waals surface area contributed by atoms with Crippen LogP contribution in [-0.2, 0) is 0 Å². The average molecular weight is 506 g/mol. The normalized spacial score (nSPS) is 22.3. The molecule has 2 heterocycles. The number of nitrogens with zero attached hydrogens (tertiary/aromatic N) is 2. The van der Waals surface area contributed by atoms with E-state index in [9.17, 15) is 0 Å². The lowest BCUT2D eigenvalue weighted by Gasteiger charge is -2.49. The van der Waals surface area contributed by atoms with Crippen LogP contribution in [0, 0.1) is 0 Å². The van der Waals surface area contributed by atoms with Crippen molar-refractivity contribution >= 4 is 37.6 Å². The molecule has 5 rings (SSSR count). The molecule has 2 aromatic carbocycles. The van der Waals surface area contributed by atoms with Crippen molar-refractivity contribution in [2.45, 2.75) is 50.3 Å². The Morgan fingerprint density at radius 2 is 1.86 bits per heavy atom. The molecule has 2 aliphatic heterocycles. The molecule has 0 unspecified atom stereocenters. The number of hydrazone groups is 1. The zero-order valence-electron chi connectivity index (χ0n) is 15.8. The summed E-state index contributed by atoms with van der Waals surface area (Å²) in [4.78, 5) is 0. The SMILES string of the molecule is COc1ccc(C2=NN3[C@H](C2)c2cc(Br)cc(Br)c2OC32CCCCC2)cc1. The van der Waals surface area contributed by atoms with Crippen molar-refractivity contribution in [2.24, 2.45) is 5.10 Å². The summed E-state index contributed by atoms with van der Waals surface area (Å²) in [5.74, 6) is 1.85. The smallest absolute Gasteiger partial charge is 0.198 e. The molecule has 0 N–H and O–H groups in total. The fourth-order valence-corrected chi connectivity index (χ4v) is 6.03. The van der Waals surface area contributed by atoms with Crippen LogP contribution in [0.25, 0.3) is 0 Å². The van der Waals surface area contributed by atoms with Crippen LogP contribution in [0.4, 0.5) is 0 Å². The Morgan fingerprint density at radius 1 is 1.11 bits per heavy atom. The summed E-state index contributed by atoms with van der Waals surface area (Å²) < 4.78 is 14.1. The molecular formula is C22H22Br2N2O2. The van der Waals surface area contributed by atoms with E-state index in [0.29, 0.717) is 0 Å². The van der Waals surface area contributed by atoms with Gasteiger partial charge in [-0.15, -0.1) is 0 Å². The predicted molar refractivity (Wildman–Crippen MR) is 117 cm³/mol. The van der Waals surface area contributed by atoms with Gasteiger partial charge in [-0.1, -0.05) is 22.4 Å². The number of hydrogen-bond acceptors (Lipinski definition) is 4. The molecule has 28 heavy (non-hydrogen) atoms. The summed E-state index contributed by atoms with van der Waals surface area (Å²) in [6.45, 7) is 0. The Hall–Kier alpha value is -1.53. The minimum Gasteiger partial charge on any atom is -0.497 e. The van der Waals surface area contributed by atoms with Crippen LogP contribution in [0.1, 0.15) is 55.7 Å². The molecule has 1 spiro atoms. The van der Waals surface area contributed by atoms with Gasteiger partial charge in [-0.2, -0.15) is 5.10 Å². The molecule has 0 saturated heterocycles. The molecule has 1 saturated carbocycles. The van der Waals surface area contributed by atoms with Crippen LogP contribution in [0.3, 0.4) is 0 Å². The molecule has 1 fully saturated rings. The summed E-state index contributed by atoms with van der Waals surface area (Å²) in [6.07, 6.45) is 6.55. The maximum atomic E-state index is 6.71. The summed E-state index contributed by atoms with van der Waals surface area (Å²) in [7, 11) is 1.69. The second-order valence-electron chi connectivity index (χ2n) is 7.75. The highest BCUT2D eigenvalue weighted by molar-refractivity contribution is 9.11. The van der Waals surface area contributed by atoms with Crippen molar-refractivity contribution < 1.29 is 9.47 Å². The van der Waals surface area contributed by atoms with Crippen LogP contribution < -0.4 is 9.47 Å². The van der Waals surface area contributed by atoms with Gasteiger partial charge in [0.1, 0.15) is 11.5 Å². The van der Waals surface area contributed by atoms with Gasteiger partial charge in [0.2, 0.25) is 0 Å². The number of benzene rings is 2. The zero-order valence-corrected chi connectivity index (χ0v) is 18.9. The van der Waals surface area contributed by atoms with E-state index in [4.69, 9.17) is 14.6 Å². The summed E-state index contributed by atoms with van der Waals surface area (Å²) in [5, 5.41) is 7.40. The van der Waals surface area contributed by atoms with Gasteiger partial charge in [0, 0.05) is 29.3 Å². The van der Waals surface area contributed by atoms with Gasteiger partial charge in [-0.3, -0.25) is 0 Å². The Balaban J connectivity index is 1.59. The number of rotatable bonds is 2. The van der Waals surface area contributed by atoms with E-state index in [1.54, 1.807) is 7.11 Å². The standard InChI is InChI=1S/C22H22Br2N2O2/c1-27-16-7-5-14(6-8-16)19-13-20-17-11-15(23)12-18(24)21(17)28-22(26(20)25-19)9-3-2-4-10-22/h5-8,11-12,20H,2-4,9-10,13H2,1H3/t20-/m1/s1. The van der Waals surface area contributed by atoms with E-state index in [1.807, 2.05) is 12.1 Å². The van der Waals surface area contributed by atoms with Crippen molar-refractivity contribution in [2.75, 3.05) is 7.11 Å². The van der Waals surface area contributed by atoms with E-state index >= 15 is 0 Å². The summed E-state index contributed by atoms with van der Waals surface area (Å²) in [5.41, 5.74) is 3.13. The highest BCUT2D eigenvalue weighted by Crippen LogP contribution is 2.53. The van der Waals surface area contributed by atoms with Crippen molar-refractivity contribution in [3.63, 3.8) is 0 Å². The second-order valence-corrected chi connectivity index (χ2v) is 9.52. The van der Waals surface area contributed by atoms with E-state index < -0.39 is 0 Å². The summed E-state index contributed by atoms with van der Waals surface area (Å²) in [6, 6.07) is 12.7. The minimum absolute atomic E-state index is 0.202. The third-order valence-corrected chi connectivity index (χ3v) is 7.12. The van der Waals surface area contributed by atoms with E-state index in [1.165, 1.54) is 24.8 Å². The molecule has 0 amide bonds. The number of ether oxygens (including phenoxy) is 2. The van der Waals surface area contributed by atoms with Crippen LogP contribution in [-0.4, -0.2) is 23.6 Å². The lowest BCUT2D eigenvalue weighted by Crippen LogP contribution is -2.54. The predicted octanol–water partition coefficient (Wildman–Crippen LogP) is 6.42. The maximum absolute atomic E-state index is 6.71. The molecule has 1 atom stereocenters. The first-order valence-corrected chi connectivity index (χ1v) is 11.4. The lowest BCUT2D eigenvalue weighted by molar-refractivity contribution is -0.140. The van der Waals surface area contributed by atoms with E-state index in [2.05, 4.69) is 61.1 Å². The van der Waals surface area contributed by atoms with Crippen molar-refractivity contribution in [3.05, 3.63) is 56.5 Å². The highest BCUT2D eigenvalue weighted by atomic mass is 79.9. The Morgan fingerprint density at radius 3 is 2.57 bits per heavy atom. The maximum Gasteiger partial charge on any atom is 0.198 e. The number of hydrogen-bond donors (Lipinski definition) is 0. The number of methoxy groups -OCH3 is 1. The Bertz CT molecular complexity index is 936. The largest absolute Gasteiger partial charge is 0.497 e. The molecule has 2 aromatic rings. The van der Waals surface area contributed by atoms with Crippen LogP contribution in [0.2, 0.25) is 0 Å². The van der Waals surface area contributed by atoms with Gasteiger partial charge in [-0.25, -0.2) is 5.01 Å². The number of fused-ring (bicyclic) bond motifs is 4. The zero-order chi connectivity index (χ0) is 19.3. The fraction of sp³-hybridized carbons (Fsp3) is 0.409. The Labute approximate surface area is 182 Å². The lowest BCUT2D eigenvalue weighted by atomic mass is 9.86. The van der Waals surface area contributed by atoms with Crippen molar-refractivity contribution in [3.8, 4) is 11.5 Å². The average Bonchev–Trinajstić information content (AvgIpc) is 3.17. The second kappa shape index (κ2) is 7.06. The molecular weight excluding hydrogens is 484 g/mol. The molecule has 1 aliphatic carbocycles. The Kier molecular flexibility index (Phi) is 4.67. The topological polar surface area (TPSA) is 34.1 Å². The molecule has 0 aromatic heterocycles.